The predicted octanol–water partition coefficient (Wildman–Crippen LogP) is 1.23. The first-order valence-electron chi connectivity index (χ1n) is 10.6. The van der Waals surface area contributed by atoms with Crippen molar-refractivity contribution in [3.63, 3.8) is 0 Å². The molecule has 31 heavy (non-hydrogen) atoms. The number of carbonyl (C=O) groups excluding carboxylic acids is 1. The molecule has 1 amide bonds. The van der Waals surface area contributed by atoms with Gasteiger partial charge < -0.3 is 14.7 Å². The fourth-order valence-electron chi connectivity index (χ4n) is 4.02. The highest BCUT2D eigenvalue weighted by atomic mass is 32.2. The maximum Gasteiger partial charge on any atom is 0.293 e. The number of nitro groups is 1. The Kier molecular flexibility index (Phi) is 7.17. The number of hydrogen-bond acceptors (Lipinski definition) is 7. The zero-order valence-electron chi connectivity index (χ0n) is 18.4. The van der Waals surface area contributed by atoms with Crippen LogP contribution in [0, 0.1) is 16.0 Å². The Bertz CT molecular complexity index is 920. The minimum Gasteiger partial charge on any atom is -0.362 e. The molecular formula is C20H31N5O5S. The summed E-state index contributed by atoms with van der Waals surface area (Å²) in [5, 5.41) is 11.8. The van der Waals surface area contributed by atoms with E-state index in [0.717, 1.165) is 12.8 Å². The van der Waals surface area contributed by atoms with Crippen LogP contribution >= 0.6 is 0 Å². The lowest BCUT2D eigenvalue weighted by Gasteiger charge is -2.36. The number of piperazine rings is 1. The van der Waals surface area contributed by atoms with E-state index in [2.05, 4.69) is 6.92 Å². The lowest BCUT2D eigenvalue weighted by atomic mass is 10.0. The van der Waals surface area contributed by atoms with E-state index in [0.29, 0.717) is 57.4 Å². The van der Waals surface area contributed by atoms with Crippen molar-refractivity contribution in [2.75, 3.05) is 64.8 Å². The molecule has 2 aliphatic rings. The van der Waals surface area contributed by atoms with E-state index in [1.54, 1.807) is 4.90 Å². The standard InChI is InChI=1S/C20H31N5O5S/c1-16-6-8-24(9-7-16)31(29,30)17-4-5-18(19(14-17)25(27)28)22-10-12-23(13-11-22)20(26)15-21(2)3/h4-5,14,16H,6-13,15H2,1-3H3. The summed E-state index contributed by atoms with van der Waals surface area (Å²) in [7, 11) is -0.106. The fourth-order valence-corrected chi connectivity index (χ4v) is 5.51. The van der Waals surface area contributed by atoms with Crippen LogP contribution in [-0.2, 0) is 14.8 Å². The lowest BCUT2D eigenvalue weighted by molar-refractivity contribution is -0.384. The van der Waals surface area contributed by atoms with Gasteiger partial charge in [-0.3, -0.25) is 14.9 Å². The minimum atomic E-state index is -3.77. The van der Waals surface area contributed by atoms with Crippen LogP contribution in [0.3, 0.4) is 0 Å². The fraction of sp³-hybridized carbons (Fsp3) is 0.650. The number of amides is 1. The van der Waals surface area contributed by atoms with Gasteiger partial charge in [0.25, 0.3) is 5.69 Å². The topological polar surface area (TPSA) is 107 Å². The van der Waals surface area contributed by atoms with Crippen LogP contribution in [0.2, 0.25) is 0 Å². The third kappa shape index (κ3) is 5.34. The molecule has 2 aliphatic heterocycles. The Morgan fingerprint density at radius 2 is 1.74 bits per heavy atom. The quantitative estimate of drug-likeness (QED) is 0.471. The molecule has 11 heteroatoms. The van der Waals surface area contributed by atoms with Crippen LogP contribution in [0.5, 0.6) is 0 Å². The maximum atomic E-state index is 13.0. The summed E-state index contributed by atoms with van der Waals surface area (Å²) < 4.78 is 27.4. The molecule has 0 aromatic heterocycles. The van der Waals surface area contributed by atoms with Crippen LogP contribution in [0.15, 0.2) is 23.1 Å². The Morgan fingerprint density at radius 1 is 1.13 bits per heavy atom. The molecule has 0 N–H and O–H groups in total. The Labute approximate surface area is 183 Å². The summed E-state index contributed by atoms with van der Waals surface area (Å²) in [4.78, 5) is 28.8. The largest absolute Gasteiger partial charge is 0.362 e. The molecule has 0 radical (unpaired) electrons. The molecule has 0 bridgehead atoms. The monoisotopic (exact) mass is 453 g/mol. The molecule has 0 atom stereocenters. The highest BCUT2D eigenvalue weighted by molar-refractivity contribution is 7.89. The van der Waals surface area contributed by atoms with Gasteiger partial charge in [0.15, 0.2) is 0 Å². The normalized spacial score (nSPS) is 19.1. The van der Waals surface area contributed by atoms with Crippen LogP contribution < -0.4 is 4.90 Å². The van der Waals surface area contributed by atoms with Gasteiger partial charge in [-0.15, -0.1) is 0 Å². The van der Waals surface area contributed by atoms with Gasteiger partial charge in [-0.25, -0.2) is 8.42 Å². The molecule has 3 rings (SSSR count). The van der Waals surface area contributed by atoms with Crippen molar-refractivity contribution >= 4 is 27.3 Å². The molecule has 1 aromatic rings. The first-order chi connectivity index (χ1) is 14.6. The van der Waals surface area contributed by atoms with Crippen LogP contribution in [-0.4, -0.2) is 93.3 Å². The number of likely N-dealkylation sites (N-methyl/N-ethyl adjacent to an activating group) is 1. The van der Waals surface area contributed by atoms with Gasteiger partial charge >= 0.3 is 0 Å². The average Bonchev–Trinajstić information content (AvgIpc) is 2.73. The molecule has 2 saturated heterocycles. The SMILES string of the molecule is CC1CCN(S(=O)(=O)c2ccc(N3CCN(C(=O)CN(C)C)CC3)c([N+](=O)[O-])c2)CC1. The van der Waals surface area contributed by atoms with Crippen molar-refractivity contribution in [3.05, 3.63) is 28.3 Å². The van der Waals surface area contributed by atoms with E-state index < -0.39 is 14.9 Å². The maximum absolute atomic E-state index is 13.0. The summed E-state index contributed by atoms with van der Waals surface area (Å²) in [6.45, 7) is 5.13. The van der Waals surface area contributed by atoms with Crippen LogP contribution in [0.1, 0.15) is 19.8 Å². The third-order valence-corrected chi connectivity index (χ3v) is 7.84. The van der Waals surface area contributed by atoms with Crippen molar-refractivity contribution in [3.8, 4) is 0 Å². The van der Waals surface area contributed by atoms with Crippen molar-refractivity contribution in [2.45, 2.75) is 24.7 Å². The smallest absolute Gasteiger partial charge is 0.293 e. The zero-order chi connectivity index (χ0) is 22.8. The number of carbonyl (C=O) groups is 1. The number of hydrogen-bond donors (Lipinski definition) is 0. The number of nitro benzene ring substituents is 1. The second-order valence-corrected chi connectivity index (χ2v) is 10.5. The molecule has 0 saturated carbocycles. The first kappa shape index (κ1) is 23.4. The van der Waals surface area contributed by atoms with Crippen LogP contribution in [0.4, 0.5) is 11.4 Å². The summed E-state index contributed by atoms with van der Waals surface area (Å²) >= 11 is 0. The molecule has 10 nitrogen and oxygen atoms in total. The van der Waals surface area contributed by atoms with Gasteiger partial charge in [0, 0.05) is 45.3 Å². The second-order valence-electron chi connectivity index (χ2n) is 8.60. The van der Waals surface area contributed by atoms with E-state index in [1.807, 2.05) is 23.9 Å². The summed E-state index contributed by atoms with van der Waals surface area (Å²) in [5.41, 5.74) is 0.162. The summed E-state index contributed by atoms with van der Waals surface area (Å²) in [5.74, 6) is 0.503. The molecule has 2 heterocycles. The zero-order valence-corrected chi connectivity index (χ0v) is 19.2. The van der Waals surface area contributed by atoms with Crippen molar-refractivity contribution in [1.29, 1.82) is 0 Å². The Morgan fingerprint density at radius 3 is 2.29 bits per heavy atom. The van der Waals surface area contributed by atoms with Gasteiger partial charge in [-0.05, 0) is 45.0 Å². The molecule has 1 aromatic carbocycles. The van der Waals surface area contributed by atoms with Gasteiger partial charge in [0.05, 0.1) is 16.4 Å². The summed E-state index contributed by atoms with van der Waals surface area (Å²) in [6, 6.07) is 4.15. The highest BCUT2D eigenvalue weighted by Crippen LogP contribution is 2.33. The van der Waals surface area contributed by atoms with E-state index >= 15 is 0 Å². The molecule has 0 aliphatic carbocycles. The average molecular weight is 454 g/mol. The molecular weight excluding hydrogens is 422 g/mol. The number of rotatable bonds is 6. The van der Waals surface area contributed by atoms with E-state index in [9.17, 15) is 23.3 Å². The van der Waals surface area contributed by atoms with E-state index in [4.69, 9.17) is 0 Å². The number of sulfonamides is 1. The lowest BCUT2D eigenvalue weighted by Crippen LogP contribution is -2.50. The number of anilines is 1. The summed E-state index contributed by atoms with van der Waals surface area (Å²) in [6.07, 6.45) is 1.58. The van der Waals surface area contributed by atoms with Gasteiger partial charge in [0.1, 0.15) is 5.69 Å². The van der Waals surface area contributed by atoms with Gasteiger partial charge in [0.2, 0.25) is 15.9 Å². The molecule has 2 fully saturated rings. The van der Waals surface area contributed by atoms with Gasteiger partial charge in [-0.1, -0.05) is 6.92 Å². The molecule has 172 valence electrons. The number of benzene rings is 1. The Hall–Kier alpha value is -2.24. The predicted molar refractivity (Wildman–Crippen MR) is 118 cm³/mol. The number of piperidine rings is 1. The third-order valence-electron chi connectivity index (χ3n) is 5.95. The van der Waals surface area contributed by atoms with Gasteiger partial charge in [-0.2, -0.15) is 4.31 Å². The first-order valence-corrected chi connectivity index (χ1v) is 12.0. The molecule has 0 unspecified atom stereocenters. The minimum absolute atomic E-state index is 0.0245. The van der Waals surface area contributed by atoms with Crippen molar-refractivity contribution in [2.24, 2.45) is 5.92 Å². The van der Waals surface area contributed by atoms with E-state index in [1.165, 1.54) is 22.5 Å². The van der Waals surface area contributed by atoms with Crippen LogP contribution in [0.25, 0.3) is 0 Å². The Balaban J connectivity index is 1.77. The highest BCUT2D eigenvalue weighted by Gasteiger charge is 2.32. The molecule has 0 spiro atoms. The van der Waals surface area contributed by atoms with Crippen molar-refractivity contribution in [1.82, 2.24) is 14.1 Å². The second kappa shape index (κ2) is 9.49. The van der Waals surface area contributed by atoms with E-state index in [-0.39, 0.29) is 16.5 Å². The number of nitrogens with zero attached hydrogens (tertiary/aromatic N) is 5. The van der Waals surface area contributed by atoms with Crippen molar-refractivity contribution < 1.29 is 18.1 Å².